The molecule has 20 heavy (non-hydrogen) atoms. The molecule has 0 aromatic heterocycles. The number of hydrogen-bond donors (Lipinski definition) is 2. The summed E-state index contributed by atoms with van der Waals surface area (Å²) >= 11 is 3.42. The number of halogens is 1. The largest absolute Gasteiger partial charge is 0.328 e. The van der Waals surface area contributed by atoms with Gasteiger partial charge in [-0.3, -0.25) is 9.69 Å². The molecule has 0 radical (unpaired) electrons. The second kappa shape index (κ2) is 6.70. The van der Waals surface area contributed by atoms with Crippen molar-refractivity contribution < 1.29 is 4.79 Å². The minimum atomic E-state index is 0.0424. The Morgan fingerprint density at radius 1 is 1.60 bits per heavy atom. The lowest BCUT2D eigenvalue weighted by Crippen LogP contribution is -2.34. The van der Waals surface area contributed by atoms with Crippen LogP contribution >= 0.6 is 15.9 Å². The van der Waals surface area contributed by atoms with Crippen molar-refractivity contribution in [3.8, 4) is 0 Å². The zero-order valence-electron chi connectivity index (χ0n) is 12.0. The number of anilines is 1. The summed E-state index contributed by atoms with van der Waals surface area (Å²) in [6.45, 7) is 6.35. The van der Waals surface area contributed by atoms with Crippen LogP contribution in [-0.4, -0.2) is 36.5 Å². The Morgan fingerprint density at radius 3 is 2.95 bits per heavy atom. The Labute approximate surface area is 128 Å². The molecule has 1 saturated heterocycles. The maximum absolute atomic E-state index is 12.1. The number of likely N-dealkylation sites (tertiary alicyclic amines) is 1. The molecule has 0 bridgehead atoms. The van der Waals surface area contributed by atoms with Gasteiger partial charge in [0.1, 0.15) is 0 Å². The number of carbonyl (C=O) groups is 1. The van der Waals surface area contributed by atoms with Crippen molar-refractivity contribution in [2.24, 2.45) is 11.7 Å². The van der Waals surface area contributed by atoms with E-state index in [0.717, 1.165) is 35.2 Å². The predicted octanol–water partition coefficient (Wildman–Crippen LogP) is 2.37. The molecular weight excluding hydrogens is 318 g/mol. The van der Waals surface area contributed by atoms with Crippen molar-refractivity contribution >= 4 is 27.5 Å². The van der Waals surface area contributed by atoms with Crippen molar-refractivity contribution in [1.82, 2.24) is 4.90 Å². The second-order valence-corrected chi connectivity index (χ2v) is 6.57. The van der Waals surface area contributed by atoms with Gasteiger partial charge in [-0.25, -0.2) is 0 Å². The molecule has 2 rings (SSSR count). The highest BCUT2D eigenvalue weighted by Crippen LogP contribution is 2.21. The van der Waals surface area contributed by atoms with Crippen LogP contribution in [0.1, 0.15) is 18.9 Å². The molecule has 5 heteroatoms. The highest BCUT2D eigenvalue weighted by molar-refractivity contribution is 9.10. The van der Waals surface area contributed by atoms with Crippen molar-refractivity contribution in [2.75, 3.05) is 25.0 Å². The van der Waals surface area contributed by atoms with Gasteiger partial charge in [0, 0.05) is 22.7 Å². The van der Waals surface area contributed by atoms with Crippen LogP contribution in [0, 0.1) is 12.8 Å². The lowest BCUT2D eigenvalue weighted by molar-refractivity contribution is -0.117. The first-order valence-corrected chi connectivity index (χ1v) is 7.79. The van der Waals surface area contributed by atoms with Crippen LogP contribution in [0.3, 0.4) is 0 Å². The third-order valence-electron chi connectivity index (χ3n) is 3.88. The number of benzene rings is 1. The fraction of sp³-hybridized carbons (Fsp3) is 0.533. The summed E-state index contributed by atoms with van der Waals surface area (Å²) < 4.78 is 1.02. The topological polar surface area (TPSA) is 58.4 Å². The summed E-state index contributed by atoms with van der Waals surface area (Å²) in [4.78, 5) is 14.3. The summed E-state index contributed by atoms with van der Waals surface area (Å²) in [5.41, 5.74) is 7.85. The summed E-state index contributed by atoms with van der Waals surface area (Å²) in [7, 11) is 0. The molecule has 1 amide bonds. The van der Waals surface area contributed by atoms with Crippen molar-refractivity contribution in [1.29, 1.82) is 0 Å². The number of amides is 1. The Kier molecular flexibility index (Phi) is 5.18. The molecule has 0 saturated carbocycles. The summed E-state index contributed by atoms with van der Waals surface area (Å²) in [5, 5.41) is 2.98. The fourth-order valence-corrected chi connectivity index (χ4v) is 3.07. The molecular formula is C15H22BrN3O. The second-order valence-electron chi connectivity index (χ2n) is 5.65. The monoisotopic (exact) mass is 339 g/mol. The molecule has 110 valence electrons. The molecule has 1 aromatic carbocycles. The van der Waals surface area contributed by atoms with Gasteiger partial charge in [-0.2, -0.15) is 0 Å². The van der Waals surface area contributed by atoms with Gasteiger partial charge < -0.3 is 11.1 Å². The zero-order chi connectivity index (χ0) is 14.7. The average molecular weight is 340 g/mol. The number of nitrogens with zero attached hydrogens (tertiary/aromatic N) is 1. The quantitative estimate of drug-likeness (QED) is 0.885. The first kappa shape index (κ1) is 15.5. The third kappa shape index (κ3) is 4.04. The molecule has 3 N–H and O–H groups in total. The molecule has 0 spiro atoms. The van der Waals surface area contributed by atoms with Crippen molar-refractivity contribution in [3.63, 3.8) is 0 Å². The standard InChI is InChI=1S/C15H22BrN3O/c1-10-7-13(16)3-4-14(10)18-15(20)9-19-6-5-12(8-19)11(2)17/h3-4,7,11-12H,5-6,8-9,17H2,1-2H3,(H,18,20). The van der Waals surface area contributed by atoms with E-state index >= 15 is 0 Å². The lowest BCUT2D eigenvalue weighted by Gasteiger charge is -2.17. The van der Waals surface area contributed by atoms with Gasteiger partial charge in [0.2, 0.25) is 5.91 Å². The lowest BCUT2D eigenvalue weighted by atomic mass is 10.0. The Morgan fingerprint density at radius 2 is 2.35 bits per heavy atom. The van der Waals surface area contributed by atoms with Crippen LogP contribution in [0.5, 0.6) is 0 Å². The summed E-state index contributed by atoms with van der Waals surface area (Å²) in [6, 6.07) is 6.06. The minimum absolute atomic E-state index is 0.0424. The molecule has 1 aliphatic heterocycles. The number of nitrogens with one attached hydrogen (secondary N) is 1. The van der Waals surface area contributed by atoms with Crippen LogP contribution in [0.2, 0.25) is 0 Å². The van der Waals surface area contributed by atoms with E-state index in [1.807, 2.05) is 32.0 Å². The SMILES string of the molecule is Cc1cc(Br)ccc1NC(=O)CN1CCC(C(C)N)C1. The van der Waals surface area contributed by atoms with Crippen LogP contribution in [0.4, 0.5) is 5.69 Å². The fourth-order valence-electron chi connectivity index (χ4n) is 2.60. The van der Waals surface area contributed by atoms with Crippen LogP contribution in [0.25, 0.3) is 0 Å². The minimum Gasteiger partial charge on any atom is -0.328 e. The van der Waals surface area contributed by atoms with E-state index in [9.17, 15) is 4.79 Å². The van der Waals surface area contributed by atoms with E-state index in [1.165, 1.54) is 0 Å². The number of hydrogen-bond acceptors (Lipinski definition) is 3. The Hall–Kier alpha value is -0.910. The highest BCUT2D eigenvalue weighted by Gasteiger charge is 2.26. The number of aryl methyl sites for hydroxylation is 1. The Bertz CT molecular complexity index is 490. The summed E-state index contributed by atoms with van der Waals surface area (Å²) in [5.74, 6) is 0.554. The zero-order valence-corrected chi connectivity index (χ0v) is 13.6. The molecule has 1 aliphatic rings. The van der Waals surface area contributed by atoms with Gasteiger partial charge >= 0.3 is 0 Å². The van der Waals surface area contributed by atoms with E-state index in [4.69, 9.17) is 5.73 Å². The van der Waals surface area contributed by atoms with Gasteiger partial charge in [0.25, 0.3) is 0 Å². The number of carbonyl (C=O) groups excluding carboxylic acids is 1. The summed E-state index contributed by atoms with van der Waals surface area (Å²) in [6.07, 6.45) is 1.09. The van der Waals surface area contributed by atoms with Gasteiger partial charge in [-0.15, -0.1) is 0 Å². The molecule has 2 unspecified atom stereocenters. The first-order valence-electron chi connectivity index (χ1n) is 6.99. The maximum atomic E-state index is 12.1. The molecule has 4 nitrogen and oxygen atoms in total. The van der Waals surface area contributed by atoms with Gasteiger partial charge in [0.05, 0.1) is 6.54 Å². The van der Waals surface area contributed by atoms with E-state index in [2.05, 4.69) is 26.1 Å². The molecule has 0 aliphatic carbocycles. The molecule has 1 fully saturated rings. The normalized spacial score (nSPS) is 20.9. The molecule has 2 atom stereocenters. The van der Waals surface area contributed by atoms with Gasteiger partial charge in [-0.1, -0.05) is 15.9 Å². The Balaban J connectivity index is 1.87. The van der Waals surface area contributed by atoms with Crippen LogP contribution < -0.4 is 11.1 Å². The maximum Gasteiger partial charge on any atom is 0.238 e. The molecule has 1 heterocycles. The van der Waals surface area contributed by atoms with Gasteiger partial charge in [0.15, 0.2) is 0 Å². The first-order chi connectivity index (χ1) is 9.45. The molecule has 1 aromatic rings. The van der Waals surface area contributed by atoms with Crippen LogP contribution in [0.15, 0.2) is 22.7 Å². The predicted molar refractivity (Wildman–Crippen MR) is 85.7 cm³/mol. The van der Waals surface area contributed by atoms with Crippen LogP contribution in [-0.2, 0) is 4.79 Å². The number of rotatable bonds is 4. The highest BCUT2D eigenvalue weighted by atomic mass is 79.9. The van der Waals surface area contributed by atoms with E-state index in [0.29, 0.717) is 12.5 Å². The van der Waals surface area contributed by atoms with Gasteiger partial charge in [-0.05, 0) is 56.5 Å². The smallest absolute Gasteiger partial charge is 0.238 e. The van der Waals surface area contributed by atoms with E-state index in [1.54, 1.807) is 0 Å². The average Bonchev–Trinajstić information content (AvgIpc) is 2.81. The van der Waals surface area contributed by atoms with Crippen molar-refractivity contribution in [3.05, 3.63) is 28.2 Å². The third-order valence-corrected chi connectivity index (χ3v) is 4.38. The van der Waals surface area contributed by atoms with E-state index < -0.39 is 0 Å². The number of nitrogens with two attached hydrogens (primary N) is 1. The van der Waals surface area contributed by atoms with E-state index in [-0.39, 0.29) is 11.9 Å². The van der Waals surface area contributed by atoms with Crippen molar-refractivity contribution in [2.45, 2.75) is 26.3 Å².